The molecule has 0 saturated carbocycles. The number of halogens is 3. The number of nitrogens with zero attached hydrogens (tertiary/aromatic N) is 1. The fourth-order valence-electron chi connectivity index (χ4n) is 1.56. The van der Waals surface area contributed by atoms with Gasteiger partial charge in [-0.2, -0.15) is 4.31 Å². The Labute approximate surface area is 143 Å². The van der Waals surface area contributed by atoms with Gasteiger partial charge in [-0.15, -0.1) is 11.3 Å². The summed E-state index contributed by atoms with van der Waals surface area (Å²) in [5.41, 5.74) is 0. The summed E-state index contributed by atoms with van der Waals surface area (Å²) in [7, 11) is -1.97. The van der Waals surface area contributed by atoms with Crippen LogP contribution in [0, 0.1) is 0 Å². The first-order chi connectivity index (χ1) is 9.30. The van der Waals surface area contributed by atoms with Gasteiger partial charge in [0.1, 0.15) is 0 Å². The number of hydrogen-bond donors (Lipinski definition) is 0. The molecule has 1 aromatic heterocycles. The lowest BCUT2D eigenvalue weighted by molar-refractivity contribution is 0.469. The first kappa shape index (κ1) is 16.5. The molecule has 0 saturated heterocycles. The van der Waals surface area contributed by atoms with Crippen LogP contribution in [0.15, 0.2) is 43.5 Å². The van der Waals surface area contributed by atoms with Gasteiger partial charge in [-0.3, -0.25) is 0 Å². The van der Waals surface area contributed by atoms with E-state index in [9.17, 15) is 8.42 Å². The predicted molar refractivity (Wildman–Crippen MR) is 89.8 cm³/mol. The van der Waals surface area contributed by atoms with E-state index in [4.69, 9.17) is 11.6 Å². The van der Waals surface area contributed by atoms with Gasteiger partial charge in [0, 0.05) is 32.8 Å². The van der Waals surface area contributed by atoms with E-state index in [0.717, 1.165) is 9.35 Å². The molecule has 3 nitrogen and oxygen atoms in total. The maximum absolute atomic E-state index is 12.5. The van der Waals surface area contributed by atoms with Crippen LogP contribution in [-0.2, 0) is 16.6 Å². The van der Waals surface area contributed by atoms with Gasteiger partial charge in [0.05, 0.1) is 9.92 Å². The van der Waals surface area contributed by atoms with E-state index < -0.39 is 10.0 Å². The minimum atomic E-state index is -3.53. The highest BCUT2D eigenvalue weighted by molar-refractivity contribution is 9.10. The zero-order valence-electron chi connectivity index (χ0n) is 10.3. The zero-order valence-corrected chi connectivity index (χ0v) is 15.9. The molecule has 2 aromatic rings. The SMILES string of the molecule is CN(Cc1cc(Br)cs1)S(=O)(=O)c1ccc(Cl)c(Br)c1. The topological polar surface area (TPSA) is 37.4 Å². The fourth-order valence-corrected chi connectivity index (χ4v) is 4.97. The molecule has 0 bridgehead atoms. The summed E-state index contributed by atoms with van der Waals surface area (Å²) in [5, 5.41) is 2.41. The molecule has 0 aliphatic rings. The Balaban J connectivity index is 2.27. The van der Waals surface area contributed by atoms with Crippen LogP contribution in [0.2, 0.25) is 5.02 Å². The van der Waals surface area contributed by atoms with Gasteiger partial charge in [-0.05, 0) is 56.1 Å². The molecule has 0 amide bonds. The molecule has 0 unspecified atom stereocenters. The highest BCUT2D eigenvalue weighted by atomic mass is 79.9. The second-order valence-corrected chi connectivity index (χ2v) is 9.29. The van der Waals surface area contributed by atoms with Gasteiger partial charge >= 0.3 is 0 Å². The average molecular weight is 460 g/mol. The predicted octanol–water partition coefficient (Wildman–Crippen LogP) is 4.75. The fraction of sp³-hybridized carbons (Fsp3) is 0.167. The molecule has 1 aromatic carbocycles. The minimum Gasteiger partial charge on any atom is -0.207 e. The van der Waals surface area contributed by atoms with Crippen LogP contribution in [0.4, 0.5) is 0 Å². The Morgan fingerprint density at radius 3 is 2.55 bits per heavy atom. The van der Waals surface area contributed by atoms with Crippen molar-refractivity contribution in [1.29, 1.82) is 0 Å². The smallest absolute Gasteiger partial charge is 0.207 e. The molecule has 0 radical (unpaired) electrons. The lowest BCUT2D eigenvalue weighted by Gasteiger charge is -2.16. The number of benzene rings is 1. The van der Waals surface area contributed by atoms with Gasteiger partial charge in [0.2, 0.25) is 10.0 Å². The lowest BCUT2D eigenvalue weighted by Crippen LogP contribution is -2.26. The molecule has 0 aliphatic heterocycles. The molecule has 0 N–H and O–H groups in total. The van der Waals surface area contributed by atoms with E-state index in [0.29, 0.717) is 16.0 Å². The Hall–Kier alpha value is 0.0800. The Morgan fingerprint density at radius 2 is 2.00 bits per heavy atom. The van der Waals surface area contributed by atoms with E-state index in [1.807, 2.05) is 11.4 Å². The van der Waals surface area contributed by atoms with Crippen LogP contribution in [0.3, 0.4) is 0 Å². The van der Waals surface area contributed by atoms with Crippen LogP contribution in [0.25, 0.3) is 0 Å². The number of thiophene rings is 1. The van der Waals surface area contributed by atoms with Crippen molar-refractivity contribution in [2.24, 2.45) is 0 Å². The summed E-state index contributed by atoms with van der Waals surface area (Å²) >= 11 is 14.0. The van der Waals surface area contributed by atoms with Crippen molar-refractivity contribution in [2.75, 3.05) is 7.05 Å². The first-order valence-corrected chi connectivity index (χ1v) is 9.73. The Morgan fingerprint density at radius 1 is 1.30 bits per heavy atom. The number of hydrogen-bond acceptors (Lipinski definition) is 3. The van der Waals surface area contributed by atoms with E-state index in [1.54, 1.807) is 13.1 Å². The van der Waals surface area contributed by atoms with Gasteiger partial charge in [0.25, 0.3) is 0 Å². The van der Waals surface area contributed by atoms with Crippen molar-refractivity contribution in [3.05, 3.63) is 48.5 Å². The highest BCUT2D eigenvalue weighted by Gasteiger charge is 2.22. The lowest BCUT2D eigenvalue weighted by atomic mass is 10.4. The molecule has 8 heteroatoms. The monoisotopic (exact) mass is 457 g/mol. The zero-order chi connectivity index (χ0) is 14.9. The molecule has 0 fully saturated rings. The average Bonchev–Trinajstić information content (AvgIpc) is 2.78. The molecular formula is C12H10Br2ClNO2S2. The summed E-state index contributed by atoms with van der Waals surface area (Å²) in [6.07, 6.45) is 0. The summed E-state index contributed by atoms with van der Waals surface area (Å²) in [4.78, 5) is 1.18. The van der Waals surface area contributed by atoms with E-state index in [1.165, 1.54) is 27.8 Å². The highest BCUT2D eigenvalue weighted by Crippen LogP contribution is 2.28. The van der Waals surface area contributed by atoms with Crippen molar-refractivity contribution in [1.82, 2.24) is 4.31 Å². The minimum absolute atomic E-state index is 0.215. The summed E-state index contributed by atoms with van der Waals surface area (Å²) in [5.74, 6) is 0. The molecule has 20 heavy (non-hydrogen) atoms. The Kier molecular flexibility index (Phi) is 5.31. The normalized spacial score (nSPS) is 12.1. The van der Waals surface area contributed by atoms with Crippen molar-refractivity contribution < 1.29 is 8.42 Å². The second-order valence-electron chi connectivity index (χ2n) is 4.07. The molecule has 0 atom stereocenters. The van der Waals surface area contributed by atoms with Crippen molar-refractivity contribution >= 4 is 64.8 Å². The maximum atomic E-state index is 12.5. The molecule has 0 spiro atoms. The maximum Gasteiger partial charge on any atom is 0.243 e. The molecule has 108 valence electrons. The van der Waals surface area contributed by atoms with E-state index >= 15 is 0 Å². The van der Waals surface area contributed by atoms with E-state index in [-0.39, 0.29) is 4.90 Å². The quantitative estimate of drug-likeness (QED) is 0.662. The van der Waals surface area contributed by atoms with E-state index in [2.05, 4.69) is 31.9 Å². The third kappa shape index (κ3) is 3.64. The van der Waals surface area contributed by atoms with Crippen LogP contribution in [-0.4, -0.2) is 19.8 Å². The number of rotatable bonds is 4. The summed E-state index contributed by atoms with van der Waals surface area (Å²) in [6.45, 7) is 0.332. The standard InChI is InChI=1S/C12H10Br2ClNO2S2/c1-16(6-9-4-8(13)7-19-9)20(17,18)10-2-3-12(15)11(14)5-10/h2-5,7H,6H2,1H3. The van der Waals surface area contributed by atoms with Crippen LogP contribution >= 0.6 is 54.8 Å². The van der Waals surface area contributed by atoms with Gasteiger partial charge < -0.3 is 0 Å². The van der Waals surface area contributed by atoms with Crippen LogP contribution < -0.4 is 0 Å². The van der Waals surface area contributed by atoms with Crippen LogP contribution in [0.1, 0.15) is 4.88 Å². The molecular weight excluding hydrogens is 450 g/mol. The molecule has 0 aliphatic carbocycles. The van der Waals surface area contributed by atoms with Gasteiger partial charge in [-0.25, -0.2) is 8.42 Å². The summed E-state index contributed by atoms with van der Waals surface area (Å²) in [6, 6.07) is 6.49. The third-order valence-corrected chi connectivity index (χ3v) is 7.30. The van der Waals surface area contributed by atoms with Crippen molar-refractivity contribution in [2.45, 2.75) is 11.4 Å². The van der Waals surface area contributed by atoms with Gasteiger partial charge in [0.15, 0.2) is 0 Å². The summed E-state index contributed by atoms with van der Waals surface area (Å²) < 4.78 is 27.8. The van der Waals surface area contributed by atoms with Crippen molar-refractivity contribution in [3.8, 4) is 0 Å². The molecule has 1 heterocycles. The van der Waals surface area contributed by atoms with Crippen LogP contribution in [0.5, 0.6) is 0 Å². The van der Waals surface area contributed by atoms with Crippen molar-refractivity contribution in [3.63, 3.8) is 0 Å². The largest absolute Gasteiger partial charge is 0.243 e. The Bertz CT molecular complexity index is 731. The first-order valence-electron chi connectivity index (χ1n) is 5.45. The number of sulfonamides is 1. The second kappa shape index (κ2) is 6.46. The van der Waals surface area contributed by atoms with Gasteiger partial charge in [-0.1, -0.05) is 11.6 Å². The third-order valence-electron chi connectivity index (χ3n) is 2.60. The molecule has 2 rings (SSSR count).